The number of hydrogen-bond acceptors (Lipinski definition) is 6. The first-order valence-electron chi connectivity index (χ1n) is 5.60. The molecule has 3 aromatic rings. The normalized spacial score (nSPS) is 12.0. The van der Waals surface area contributed by atoms with Crippen molar-refractivity contribution in [3.8, 4) is 10.6 Å². The molecule has 3 heterocycles. The lowest BCUT2D eigenvalue weighted by molar-refractivity contribution is -0.136. The molecule has 22 heavy (non-hydrogen) atoms. The van der Waals surface area contributed by atoms with Gasteiger partial charge in [0.15, 0.2) is 29.3 Å². The van der Waals surface area contributed by atoms with Crippen LogP contribution in [0.15, 0.2) is 18.6 Å². The number of thiazole rings is 1. The molecule has 0 aromatic carbocycles. The smallest absolute Gasteiger partial charge is 0.295 e. The summed E-state index contributed by atoms with van der Waals surface area (Å²) >= 11 is 0.574. The van der Waals surface area contributed by atoms with Crippen LogP contribution in [0.3, 0.4) is 0 Å². The number of carbonyl (C=O) groups excluding carboxylic acids is 1. The van der Waals surface area contributed by atoms with Gasteiger partial charge in [-0.25, -0.2) is 18.9 Å². The van der Waals surface area contributed by atoms with Crippen molar-refractivity contribution in [2.45, 2.75) is 6.18 Å². The first-order valence-corrected chi connectivity index (χ1v) is 7.09. The summed E-state index contributed by atoms with van der Waals surface area (Å²) in [6, 6.07) is 0. The fourth-order valence-corrected chi connectivity index (χ4v) is 2.83. The van der Waals surface area contributed by atoms with Crippen LogP contribution < -0.4 is 0 Å². The van der Waals surface area contributed by atoms with Crippen molar-refractivity contribution in [1.82, 2.24) is 18.9 Å². The molecule has 0 saturated heterocycles. The Bertz CT molecular complexity index is 858. The SMILES string of the molecule is O=Cc1ncc(-c2cnc3c(n2)c(C(F)(F)F)cn3SF)s1. The molecule has 0 saturated carbocycles. The Balaban J connectivity index is 2.21. The number of fused-ring (bicyclic) bond motifs is 1. The van der Waals surface area contributed by atoms with Crippen LogP contribution >= 0.6 is 23.7 Å². The van der Waals surface area contributed by atoms with Crippen molar-refractivity contribution in [2.75, 3.05) is 0 Å². The molecule has 0 bridgehead atoms. The third-order valence-electron chi connectivity index (χ3n) is 2.72. The third-order valence-corrected chi connectivity index (χ3v) is 4.09. The van der Waals surface area contributed by atoms with Crippen molar-refractivity contribution in [3.63, 3.8) is 0 Å². The van der Waals surface area contributed by atoms with E-state index in [0.29, 0.717) is 21.3 Å². The molecule has 5 nitrogen and oxygen atoms in total. The Hall–Kier alpha value is -2.01. The second-order valence-corrected chi connectivity index (χ2v) is 5.64. The maximum atomic E-state index is 13.0. The summed E-state index contributed by atoms with van der Waals surface area (Å²) in [5.74, 6) is 0. The first kappa shape index (κ1) is 14.9. The van der Waals surface area contributed by atoms with Crippen molar-refractivity contribution in [2.24, 2.45) is 0 Å². The van der Waals surface area contributed by atoms with Gasteiger partial charge in [0.2, 0.25) is 0 Å². The van der Waals surface area contributed by atoms with Gasteiger partial charge in [-0.15, -0.1) is 15.2 Å². The Kier molecular flexibility index (Phi) is 3.60. The van der Waals surface area contributed by atoms with Gasteiger partial charge in [0.05, 0.1) is 11.1 Å². The minimum absolute atomic E-state index is 0.130. The predicted octanol–water partition coefficient (Wildman–Crippen LogP) is 3.77. The number of halogens is 4. The van der Waals surface area contributed by atoms with Crippen LogP contribution in [-0.2, 0) is 6.18 Å². The maximum Gasteiger partial charge on any atom is 0.420 e. The summed E-state index contributed by atoms with van der Waals surface area (Å²) in [7, 11) is 0. The van der Waals surface area contributed by atoms with Crippen molar-refractivity contribution in [1.29, 1.82) is 0 Å². The molecule has 3 rings (SSSR count). The highest BCUT2D eigenvalue weighted by molar-refractivity contribution is 7.92. The number of rotatable bonds is 3. The molecule has 0 aliphatic heterocycles. The minimum Gasteiger partial charge on any atom is -0.295 e. The first-order chi connectivity index (χ1) is 10.4. The van der Waals surface area contributed by atoms with Gasteiger partial charge in [0, 0.05) is 12.4 Å². The summed E-state index contributed by atoms with van der Waals surface area (Å²) in [5.41, 5.74) is -1.65. The Labute approximate surface area is 128 Å². The second-order valence-electron chi connectivity index (χ2n) is 4.04. The molecule has 0 fully saturated rings. The molecule has 0 radical (unpaired) electrons. The van der Waals surface area contributed by atoms with Crippen LogP contribution in [-0.4, -0.2) is 25.2 Å². The molecule has 11 heteroatoms. The number of hydrogen-bond donors (Lipinski definition) is 0. The van der Waals surface area contributed by atoms with Gasteiger partial charge in [0.25, 0.3) is 0 Å². The molecule has 114 valence electrons. The zero-order valence-electron chi connectivity index (χ0n) is 10.3. The van der Waals surface area contributed by atoms with Gasteiger partial charge in [0.1, 0.15) is 16.8 Å². The molecular weight excluding hydrogens is 344 g/mol. The number of nitrogens with zero attached hydrogens (tertiary/aromatic N) is 4. The van der Waals surface area contributed by atoms with Crippen LogP contribution in [0.4, 0.5) is 17.1 Å². The number of aldehydes is 1. The van der Waals surface area contributed by atoms with E-state index in [-0.39, 0.29) is 16.3 Å². The number of aromatic nitrogens is 4. The second kappa shape index (κ2) is 5.32. The van der Waals surface area contributed by atoms with Crippen LogP contribution in [0, 0.1) is 0 Å². The molecule has 0 amide bonds. The lowest BCUT2D eigenvalue weighted by atomic mass is 10.3. The highest BCUT2D eigenvalue weighted by Crippen LogP contribution is 2.37. The average Bonchev–Trinajstić information content (AvgIpc) is 3.10. The van der Waals surface area contributed by atoms with E-state index in [0.717, 1.165) is 11.3 Å². The van der Waals surface area contributed by atoms with E-state index in [2.05, 4.69) is 15.0 Å². The highest BCUT2D eigenvalue weighted by Gasteiger charge is 2.36. The predicted molar refractivity (Wildman–Crippen MR) is 73.1 cm³/mol. The summed E-state index contributed by atoms with van der Waals surface area (Å²) in [4.78, 5) is 22.5. The summed E-state index contributed by atoms with van der Waals surface area (Å²) in [6.07, 6.45) is -1.04. The monoisotopic (exact) mass is 348 g/mol. The summed E-state index contributed by atoms with van der Waals surface area (Å²) in [5, 5.41) is 0.171. The Morgan fingerprint density at radius 1 is 1.27 bits per heavy atom. The van der Waals surface area contributed by atoms with Gasteiger partial charge in [-0.3, -0.25) is 4.79 Å². The molecule has 0 aliphatic rings. The fourth-order valence-electron chi connectivity index (χ4n) is 1.80. The van der Waals surface area contributed by atoms with Crippen LogP contribution in [0.1, 0.15) is 15.4 Å². The van der Waals surface area contributed by atoms with Crippen LogP contribution in [0.5, 0.6) is 0 Å². The molecule has 0 atom stereocenters. The van der Waals surface area contributed by atoms with Crippen molar-refractivity contribution in [3.05, 3.63) is 29.2 Å². The number of alkyl halides is 3. The fraction of sp³-hybridized carbons (Fsp3) is 0.0909. The van der Waals surface area contributed by atoms with Gasteiger partial charge in [-0.05, 0) is 0 Å². The van der Waals surface area contributed by atoms with Gasteiger partial charge >= 0.3 is 6.18 Å². The van der Waals surface area contributed by atoms with Crippen LogP contribution in [0.2, 0.25) is 0 Å². The van der Waals surface area contributed by atoms with Gasteiger partial charge in [-0.2, -0.15) is 13.2 Å². The third kappa shape index (κ3) is 2.46. The Morgan fingerprint density at radius 2 is 2.05 bits per heavy atom. The highest BCUT2D eigenvalue weighted by atomic mass is 32.2. The minimum atomic E-state index is -4.69. The largest absolute Gasteiger partial charge is 0.420 e. The van der Waals surface area contributed by atoms with E-state index in [9.17, 15) is 21.9 Å². The molecular formula is C11H4F4N4OS2. The zero-order chi connectivity index (χ0) is 15.9. The summed E-state index contributed by atoms with van der Waals surface area (Å²) in [6.45, 7) is 0. The quantitative estimate of drug-likeness (QED) is 0.533. The van der Waals surface area contributed by atoms with Crippen LogP contribution in [0.25, 0.3) is 21.7 Å². The maximum absolute atomic E-state index is 13.0. The van der Waals surface area contributed by atoms with E-state index in [4.69, 9.17) is 0 Å². The average molecular weight is 348 g/mol. The lowest BCUT2D eigenvalue weighted by Crippen LogP contribution is -2.04. The Morgan fingerprint density at radius 3 is 2.64 bits per heavy atom. The lowest BCUT2D eigenvalue weighted by Gasteiger charge is -2.03. The molecule has 0 N–H and O–H groups in total. The van der Waals surface area contributed by atoms with Gasteiger partial charge < -0.3 is 0 Å². The number of carbonyl (C=O) groups is 1. The molecule has 3 aromatic heterocycles. The van der Waals surface area contributed by atoms with E-state index >= 15 is 0 Å². The van der Waals surface area contributed by atoms with E-state index in [1.165, 1.54) is 12.4 Å². The van der Waals surface area contributed by atoms with Crippen molar-refractivity contribution < 1.29 is 21.9 Å². The van der Waals surface area contributed by atoms with E-state index in [1.807, 2.05) is 0 Å². The zero-order valence-corrected chi connectivity index (χ0v) is 12.0. The topological polar surface area (TPSA) is 60.7 Å². The molecule has 0 unspecified atom stereocenters. The summed E-state index contributed by atoms with van der Waals surface area (Å²) < 4.78 is 52.4. The molecule has 0 spiro atoms. The standard InChI is InChI=1S/C11H4F4N4OS2/c12-11(13,14)5-3-19(22-15)10-9(5)18-6(1-17-10)7-2-16-8(4-20)21-7/h1-4H. The van der Waals surface area contributed by atoms with Gasteiger partial charge in [-0.1, -0.05) is 0 Å². The van der Waals surface area contributed by atoms with E-state index < -0.39 is 29.6 Å². The van der Waals surface area contributed by atoms with Crippen molar-refractivity contribution >= 4 is 41.1 Å². The van der Waals surface area contributed by atoms with E-state index in [1.54, 1.807) is 0 Å². The molecule has 0 aliphatic carbocycles.